The smallest absolute Gasteiger partial charge is 0.309 e. The number of amides is 1. The molecule has 0 radical (unpaired) electrons. The van der Waals surface area contributed by atoms with Gasteiger partial charge in [0, 0.05) is 13.6 Å². The highest BCUT2D eigenvalue weighted by atomic mass is 32.2. The summed E-state index contributed by atoms with van der Waals surface area (Å²) in [6.45, 7) is 13.7. The average Bonchev–Trinajstić information content (AvgIpc) is 2.65. The van der Waals surface area contributed by atoms with Crippen LogP contribution < -0.4 is 9.41 Å². The van der Waals surface area contributed by atoms with Crippen LogP contribution in [0.2, 0.25) is 0 Å². The molecule has 0 aliphatic carbocycles. The molecule has 176 valence electrons. The second kappa shape index (κ2) is 9.24. The summed E-state index contributed by atoms with van der Waals surface area (Å²) < 4.78 is 28.7. The summed E-state index contributed by atoms with van der Waals surface area (Å²) in [5.74, 6) is 0. The van der Waals surface area contributed by atoms with Gasteiger partial charge in [0.05, 0.1) is 5.69 Å². The Hall–Kier alpha value is -2.38. The van der Waals surface area contributed by atoms with Crippen molar-refractivity contribution in [3.05, 3.63) is 64.7 Å². The van der Waals surface area contributed by atoms with E-state index < -0.39 is 27.1 Å². The van der Waals surface area contributed by atoms with Crippen LogP contribution >= 0.6 is 0 Å². The fraction of sp³-hybridized carbons (Fsp3) is 0.480. The minimum absolute atomic E-state index is 0.137. The van der Waals surface area contributed by atoms with E-state index in [1.165, 1.54) is 7.05 Å². The first-order valence-corrected chi connectivity index (χ1v) is 12.1. The van der Waals surface area contributed by atoms with Gasteiger partial charge in [0.25, 0.3) is 0 Å². The molecule has 2 rings (SSSR count). The van der Waals surface area contributed by atoms with Crippen molar-refractivity contribution in [2.45, 2.75) is 65.7 Å². The van der Waals surface area contributed by atoms with Crippen molar-refractivity contribution >= 4 is 22.0 Å². The van der Waals surface area contributed by atoms with Gasteiger partial charge in [-0.1, -0.05) is 89.6 Å². The van der Waals surface area contributed by atoms with Gasteiger partial charge in [0.1, 0.15) is 0 Å². The lowest BCUT2D eigenvalue weighted by molar-refractivity contribution is -0.244. The zero-order chi connectivity index (χ0) is 24.5. The Labute approximate surface area is 193 Å². The lowest BCUT2D eigenvalue weighted by Crippen LogP contribution is -2.52. The molecular formula is C25H35N2O4S-. The number of nitrogens with zero attached hydrogens (tertiary/aromatic N) is 2. The summed E-state index contributed by atoms with van der Waals surface area (Å²) >= 11 is 0. The van der Waals surface area contributed by atoms with Gasteiger partial charge in [-0.3, -0.25) is 0 Å². The van der Waals surface area contributed by atoms with E-state index >= 15 is 0 Å². The highest BCUT2D eigenvalue weighted by Gasteiger charge is 2.36. The molecule has 0 heterocycles. The SMILES string of the molecule is Cc1cc(C(C)(C)C)c(N(C(=O)[O-])S(=O)(=O)N(C)CCc2ccccc2)c(C(C)(C)C)c1. The number of likely N-dealkylation sites (N-methyl/N-ethyl adjacent to an activating group) is 1. The normalized spacial score (nSPS) is 12.8. The molecule has 0 spiro atoms. The van der Waals surface area contributed by atoms with Gasteiger partial charge in [-0.25, -0.2) is 4.31 Å². The maximum atomic E-state index is 13.6. The Kier molecular flexibility index (Phi) is 7.47. The summed E-state index contributed by atoms with van der Waals surface area (Å²) in [4.78, 5) is 12.4. The molecule has 0 aliphatic rings. The molecule has 7 heteroatoms. The van der Waals surface area contributed by atoms with Crippen LogP contribution in [0, 0.1) is 6.92 Å². The number of hydrogen-bond acceptors (Lipinski definition) is 4. The number of carbonyl (C=O) groups is 1. The van der Waals surface area contributed by atoms with E-state index in [-0.39, 0.29) is 12.2 Å². The number of benzene rings is 2. The Morgan fingerprint density at radius 3 is 1.81 bits per heavy atom. The van der Waals surface area contributed by atoms with Gasteiger partial charge in [-0.05, 0) is 40.9 Å². The van der Waals surface area contributed by atoms with Crippen LogP contribution in [0.1, 0.15) is 63.8 Å². The molecule has 0 saturated carbocycles. The third-order valence-electron chi connectivity index (χ3n) is 5.42. The predicted octanol–water partition coefficient (Wildman–Crippen LogP) is 4.16. The van der Waals surface area contributed by atoms with Crippen molar-refractivity contribution in [3.8, 4) is 0 Å². The molecule has 0 fully saturated rings. The molecule has 0 N–H and O–H groups in total. The maximum absolute atomic E-state index is 13.6. The second-order valence-corrected chi connectivity index (χ2v) is 12.2. The fourth-order valence-corrected chi connectivity index (χ4v) is 4.84. The van der Waals surface area contributed by atoms with Gasteiger partial charge in [-0.2, -0.15) is 12.7 Å². The molecule has 2 aromatic rings. The van der Waals surface area contributed by atoms with Gasteiger partial charge in [0.15, 0.2) is 6.09 Å². The largest absolute Gasteiger partial charge is 0.529 e. The quantitative estimate of drug-likeness (QED) is 0.650. The van der Waals surface area contributed by atoms with Crippen molar-refractivity contribution in [1.29, 1.82) is 0 Å². The first kappa shape index (κ1) is 25.9. The van der Waals surface area contributed by atoms with E-state index in [1.54, 1.807) is 0 Å². The molecule has 1 amide bonds. The van der Waals surface area contributed by atoms with Crippen LogP contribution in [-0.2, 0) is 27.5 Å². The van der Waals surface area contributed by atoms with Crippen LogP contribution in [0.15, 0.2) is 42.5 Å². The summed E-state index contributed by atoms with van der Waals surface area (Å²) in [6, 6.07) is 13.2. The zero-order valence-electron chi connectivity index (χ0n) is 20.4. The molecule has 0 saturated heterocycles. The van der Waals surface area contributed by atoms with Crippen molar-refractivity contribution < 1.29 is 18.3 Å². The van der Waals surface area contributed by atoms with Gasteiger partial charge in [0.2, 0.25) is 0 Å². The number of hydrogen-bond donors (Lipinski definition) is 0. The summed E-state index contributed by atoms with van der Waals surface area (Å²) in [7, 11) is -3.00. The number of anilines is 1. The third-order valence-corrected chi connectivity index (χ3v) is 7.19. The van der Waals surface area contributed by atoms with Crippen molar-refractivity contribution in [3.63, 3.8) is 0 Å². The van der Waals surface area contributed by atoms with Gasteiger partial charge < -0.3 is 9.90 Å². The Balaban J connectivity index is 2.66. The topological polar surface area (TPSA) is 80.8 Å². The summed E-state index contributed by atoms with van der Waals surface area (Å²) in [5, 5.41) is 12.4. The van der Waals surface area contributed by atoms with E-state index in [0.29, 0.717) is 21.9 Å². The number of aryl methyl sites for hydroxylation is 1. The third kappa shape index (κ3) is 5.70. The monoisotopic (exact) mass is 459 g/mol. The molecule has 0 unspecified atom stereocenters. The van der Waals surface area contributed by atoms with E-state index in [2.05, 4.69) is 0 Å². The number of carbonyl (C=O) groups excluding carboxylic acids is 1. The summed E-state index contributed by atoms with van der Waals surface area (Å²) in [6.07, 6.45) is -1.31. The molecule has 6 nitrogen and oxygen atoms in total. The van der Waals surface area contributed by atoms with Crippen LogP contribution in [0.3, 0.4) is 0 Å². The predicted molar refractivity (Wildman–Crippen MR) is 128 cm³/mol. The molecule has 32 heavy (non-hydrogen) atoms. The van der Waals surface area contributed by atoms with Gasteiger partial charge >= 0.3 is 10.2 Å². The van der Waals surface area contributed by atoms with E-state index in [9.17, 15) is 18.3 Å². The fourth-order valence-electron chi connectivity index (χ4n) is 3.63. The Morgan fingerprint density at radius 2 is 1.41 bits per heavy atom. The standard InChI is InChI=1S/C25H36N2O4S/c1-18-16-20(24(2,3)4)22(21(17-18)25(5,6)7)27(23(28)29)32(30,31)26(8)15-14-19-12-10-9-11-13-19/h9-13,16-17H,14-15H2,1-8H3,(H,28,29)/p-1. The van der Waals surface area contributed by atoms with Crippen molar-refractivity contribution in [2.24, 2.45) is 0 Å². The van der Waals surface area contributed by atoms with Crippen LogP contribution in [0.5, 0.6) is 0 Å². The van der Waals surface area contributed by atoms with Crippen LogP contribution in [-0.4, -0.2) is 32.4 Å². The van der Waals surface area contributed by atoms with Crippen molar-refractivity contribution in [1.82, 2.24) is 4.31 Å². The van der Waals surface area contributed by atoms with E-state index in [1.807, 2.05) is 90.9 Å². The molecule has 2 aromatic carbocycles. The highest BCUT2D eigenvalue weighted by Crippen LogP contribution is 2.42. The van der Waals surface area contributed by atoms with Gasteiger partial charge in [-0.15, -0.1) is 0 Å². The Bertz CT molecular complexity index is 1030. The van der Waals surface area contributed by atoms with E-state index in [0.717, 1.165) is 15.4 Å². The first-order valence-electron chi connectivity index (χ1n) is 10.7. The average molecular weight is 460 g/mol. The lowest BCUT2D eigenvalue weighted by Gasteiger charge is -2.38. The molecular weight excluding hydrogens is 424 g/mol. The lowest BCUT2D eigenvalue weighted by atomic mass is 9.77. The second-order valence-electron chi connectivity index (χ2n) is 10.3. The highest BCUT2D eigenvalue weighted by molar-refractivity contribution is 7.91. The minimum atomic E-state index is -4.40. The Morgan fingerprint density at radius 1 is 0.938 bits per heavy atom. The molecule has 0 atom stereocenters. The minimum Gasteiger partial charge on any atom is -0.529 e. The molecule has 0 aromatic heterocycles. The van der Waals surface area contributed by atoms with E-state index in [4.69, 9.17) is 0 Å². The van der Waals surface area contributed by atoms with Crippen LogP contribution in [0.4, 0.5) is 10.5 Å². The zero-order valence-corrected chi connectivity index (χ0v) is 21.2. The number of carboxylic acid groups (broad SMARTS) is 1. The maximum Gasteiger partial charge on any atom is 0.309 e. The first-order chi connectivity index (χ1) is 14.6. The number of rotatable bonds is 6. The molecule has 0 aliphatic heterocycles. The molecule has 0 bridgehead atoms. The van der Waals surface area contributed by atoms with Crippen molar-refractivity contribution in [2.75, 3.05) is 17.9 Å². The summed E-state index contributed by atoms with van der Waals surface area (Å²) in [5.41, 5.74) is 2.38. The van der Waals surface area contributed by atoms with Crippen LogP contribution in [0.25, 0.3) is 0 Å².